The molecule has 0 saturated heterocycles. The third-order valence-electron chi connectivity index (χ3n) is 3.28. The van der Waals surface area contributed by atoms with Gasteiger partial charge in [0, 0.05) is 6.04 Å². The zero-order valence-electron chi connectivity index (χ0n) is 11.6. The molecule has 1 aromatic carbocycles. The van der Waals surface area contributed by atoms with Crippen LogP contribution < -0.4 is 5.32 Å². The molecule has 0 aromatic heterocycles. The molecule has 1 N–H and O–H groups in total. The van der Waals surface area contributed by atoms with Gasteiger partial charge in [0.2, 0.25) is 0 Å². The Labute approximate surface area is 107 Å². The van der Waals surface area contributed by atoms with Gasteiger partial charge in [0.25, 0.3) is 0 Å². The van der Waals surface area contributed by atoms with Gasteiger partial charge in [-0.3, -0.25) is 0 Å². The fraction of sp³-hybridized carbons (Fsp3) is 0.625. The van der Waals surface area contributed by atoms with E-state index in [2.05, 4.69) is 50.4 Å². The summed E-state index contributed by atoms with van der Waals surface area (Å²) in [5.74, 6) is 0. The summed E-state index contributed by atoms with van der Waals surface area (Å²) in [6.45, 7) is 7.65. The summed E-state index contributed by atoms with van der Waals surface area (Å²) in [6.07, 6.45) is 6.64. The van der Waals surface area contributed by atoms with Crippen LogP contribution in [0.1, 0.15) is 63.1 Å². The minimum absolute atomic E-state index is 0.539. The van der Waals surface area contributed by atoms with E-state index >= 15 is 0 Å². The molecular formula is C16H27N. The molecule has 1 nitrogen and oxygen atoms in total. The van der Waals surface area contributed by atoms with Crippen LogP contribution in [0.3, 0.4) is 0 Å². The molecule has 96 valence electrons. The number of rotatable bonds is 8. The summed E-state index contributed by atoms with van der Waals surface area (Å²) >= 11 is 0. The second-order valence-electron chi connectivity index (χ2n) is 4.87. The number of aryl methyl sites for hydroxylation is 1. The highest BCUT2D eigenvalue weighted by Crippen LogP contribution is 2.20. The fourth-order valence-corrected chi connectivity index (χ4v) is 2.21. The zero-order valence-corrected chi connectivity index (χ0v) is 11.6. The molecular weight excluding hydrogens is 206 g/mol. The van der Waals surface area contributed by atoms with Crippen LogP contribution in [0, 0.1) is 6.92 Å². The van der Waals surface area contributed by atoms with E-state index in [-0.39, 0.29) is 0 Å². The highest BCUT2D eigenvalue weighted by molar-refractivity contribution is 5.24. The maximum Gasteiger partial charge on any atom is 0.0320 e. The van der Waals surface area contributed by atoms with Gasteiger partial charge in [-0.15, -0.1) is 0 Å². The summed E-state index contributed by atoms with van der Waals surface area (Å²) in [5, 5.41) is 3.60. The van der Waals surface area contributed by atoms with Crippen LogP contribution in [0.4, 0.5) is 0 Å². The lowest BCUT2D eigenvalue weighted by atomic mass is 9.99. The number of hydrogen-bond donors (Lipinski definition) is 1. The van der Waals surface area contributed by atoms with Gasteiger partial charge in [0.15, 0.2) is 0 Å². The van der Waals surface area contributed by atoms with Crippen LogP contribution in [-0.2, 0) is 0 Å². The molecule has 0 fully saturated rings. The third kappa shape index (κ3) is 5.36. The van der Waals surface area contributed by atoms with E-state index in [1.165, 1.54) is 43.2 Å². The van der Waals surface area contributed by atoms with Crippen LogP contribution in [0.15, 0.2) is 24.3 Å². The summed E-state index contributed by atoms with van der Waals surface area (Å²) in [6, 6.07) is 9.50. The Morgan fingerprint density at radius 2 is 1.71 bits per heavy atom. The minimum atomic E-state index is 0.539. The van der Waals surface area contributed by atoms with Crippen molar-refractivity contribution >= 4 is 0 Å². The van der Waals surface area contributed by atoms with Gasteiger partial charge in [0.05, 0.1) is 0 Å². The Bertz CT molecular complexity index is 289. The van der Waals surface area contributed by atoms with Crippen molar-refractivity contribution < 1.29 is 0 Å². The largest absolute Gasteiger partial charge is 0.310 e. The quantitative estimate of drug-likeness (QED) is 0.646. The first-order valence-electron chi connectivity index (χ1n) is 7.07. The second kappa shape index (κ2) is 8.30. The Balaban J connectivity index is 2.49. The van der Waals surface area contributed by atoms with Gasteiger partial charge >= 0.3 is 0 Å². The summed E-state index contributed by atoms with van der Waals surface area (Å²) in [4.78, 5) is 0. The van der Waals surface area contributed by atoms with E-state index < -0.39 is 0 Å². The number of hydrogen-bond acceptors (Lipinski definition) is 1. The molecule has 0 aliphatic heterocycles. The lowest BCUT2D eigenvalue weighted by molar-refractivity contribution is 0.482. The van der Waals surface area contributed by atoms with Gasteiger partial charge in [0.1, 0.15) is 0 Å². The predicted molar refractivity (Wildman–Crippen MR) is 76.4 cm³/mol. The molecule has 0 radical (unpaired) electrons. The molecule has 0 bridgehead atoms. The highest BCUT2D eigenvalue weighted by Gasteiger charge is 2.09. The van der Waals surface area contributed by atoms with Gasteiger partial charge < -0.3 is 5.32 Å². The Kier molecular flexibility index (Phi) is 6.95. The van der Waals surface area contributed by atoms with E-state index in [0.29, 0.717) is 6.04 Å². The SMILES string of the molecule is CCCCCCC(NCC)c1ccc(C)cc1. The lowest BCUT2D eigenvalue weighted by Crippen LogP contribution is -2.20. The van der Waals surface area contributed by atoms with Crippen molar-refractivity contribution in [2.24, 2.45) is 0 Å². The summed E-state index contributed by atoms with van der Waals surface area (Å²) in [7, 11) is 0. The average molecular weight is 233 g/mol. The van der Waals surface area contributed by atoms with Crippen molar-refractivity contribution in [3.8, 4) is 0 Å². The first-order chi connectivity index (χ1) is 8.27. The second-order valence-corrected chi connectivity index (χ2v) is 4.87. The molecule has 0 spiro atoms. The molecule has 0 aliphatic carbocycles. The molecule has 1 rings (SSSR count). The van der Waals surface area contributed by atoms with Crippen LogP contribution in [0.25, 0.3) is 0 Å². The number of benzene rings is 1. The van der Waals surface area contributed by atoms with E-state index in [9.17, 15) is 0 Å². The maximum absolute atomic E-state index is 3.60. The molecule has 1 heteroatoms. The van der Waals surface area contributed by atoms with Gasteiger partial charge in [-0.2, -0.15) is 0 Å². The minimum Gasteiger partial charge on any atom is -0.310 e. The van der Waals surface area contributed by atoms with Gasteiger partial charge in [-0.25, -0.2) is 0 Å². The smallest absolute Gasteiger partial charge is 0.0320 e. The Hall–Kier alpha value is -0.820. The van der Waals surface area contributed by atoms with E-state index in [4.69, 9.17) is 0 Å². The van der Waals surface area contributed by atoms with Crippen LogP contribution >= 0.6 is 0 Å². The molecule has 1 aromatic rings. The highest BCUT2D eigenvalue weighted by atomic mass is 14.9. The number of unbranched alkanes of at least 4 members (excludes halogenated alkanes) is 3. The van der Waals surface area contributed by atoms with Gasteiger partial charge in [-0.1, -0.05) is 69.4 Å². The van der Waals surface area contributed by atoms with E-state index in [1.807, 2.05) is 0 Å². The first kappa shape index (κ1) is 14.2. The molecule has 0 aliphatic rings. The van der Waals surface area contributed by atoms with Gasteiger partial charge in [-0.05, 0) is 25.5 Å². The van der Waals surface area contributed by atoms with Crippen LogP contribution in [0.2, 0.25) is 0 Å². The molecule has 1 unspecified atom stereocenters. The summed E-state index contributed by atoms with van der Waals surface area (Å²) in [5.41, 5.74) is 2.78. The van der Waals surface area contributed by atoms with Crippen molar-refractivity contribution in [2.75, 3.05) is 6.54 Å². The third-order valence-corrected chi connectivity index (χ3v) is 3.28. The van der Waals surface area contributed by atoms with Crippen molar-refractivity contribution in [2.45, 2.75) is 58.9 Å². The van der Waals surface area contributed by atoms with Crippen molar-refractivity contribution in [1.29, 1.82) is 0 Å². The fourth-order valence-electron chi connectivity index (χ4n) is 2.21. The van der Waals surface area contributed by atoms with Crippen molar-refractivity contribution in [1.82, 2.24) is 5.32 Å². The molecule has 1 atom stereocenters. The van der Waals surface area contributed by atoms with Crippen molar-refractivity contribution in [3.63, 3.8) is 0 Å². The number of nitrogens with one attached hydrogen (secondary N) is 1. The standard InChI is InChI=1S/C16H27N/c1-4-6-7-8-9-16(17-5-2)15-12-10-14(3)11-13-15/h10-13,16-17H,4-9H2,1-3H3. The Morgan fingerprint density at radius 1 is 1.00 bits per heavy atom. The summed E-state index contributed by atoms with van der Waals surface area (Å²) < 4.78 is 0. The zero-order chi connectivity index (χ0) is 12.5. The van der Waals surface area contributed by atoms with E-state index in [1.54, 1.807) is 0 Å². The first-order valence-corrected chi connectivity index (χ1v) is 7.07. The van der Waals surface area contributed by atoms with Crippen LogP contribution in [0.5, 0.6) is 0 Å². The van der Waals surface area contributed by atoms with Crippen molar-refractivity contribution in [3.05, 3.63) is 35.4 Å². The molecule has 0 saturated carbocycles. The Morgan fingerprint density at radius 3 is 2.29 bits per heavy atom. The molecule has 0 amide bonds. The normalized spacial score (nSPS) is 12.6. The molecule has 17 heavy (non-hydrogen) atoms. The topological polar surface area (TPSA) is 12.0 Å². The average Bonchev–Trinajstić information content (AvgIpc) is 2.34. The van der Waals surface area contributed by atoms with Crippen LogP contribution in [-0.4, -0.2) is 6.54 Å². The monoisotopic (exact) mass is 233 g/mol. The van der Waals surface area contributed by atoms with E-state index in [0.717, 1.165) is 6.54 Å². The molecule has 0 heterocycles. The maximum atomic E-state index is 3.60. The lowest BCUT2D eigenvalue weighted by Gasteiger charge is -2.18. The predicted octanol–water partition coefficient (Wildman–Crippen LogP) is 4.62.